The summed E-state index contributed by atoms with van der Waals surface area (Å²) in [6.07, 6.45) is 0.427. The molecule has 0 saturated carbocycles. The Labute approximate surface area is 90.0 Å². The number of hydrogen-bond donors (Lipinski definition) is 0. The van der Waals surface area contributed by atoms with Crippen molar-refractivity contribution in [2.75, 3.05) is 6.61 Å². The summed E-state index contributed by atoms with van der Waals surface area (Å²) >= 11 is 5.86. The molecule has 1 aromatic carbocycles. The van der Waals surface area contributed by atoms with Crippen LogP contribution in [-0.4, -0.2) is 12.7 Å². The highest BCUT2D eigenvalue weighted by atomic mass is 35.5. The molecule has 2 rings (SSSR count). The molecule has 1 nitrogen and oxygen atoms in total. The number of benzene rings is 1. The third-order valence-electron chi connectivity index (χ3n) is 2.73. The molecule has 0 N–H and O–H groups in total. The van der Waals surface area contributed by atoms with Gasteiger partial charge in [-0.2, -0.15) is 0 Å². The summed E-state index contributed by atoms with van der Waals surface area (Å²) in [6, 6.07) is 8.12. The fourth-order valence-corrected chi connectivity index (χ4v) is 2.10. The van der Waals surface area contributed by atoms with Crippen molar-refractivity contribution in [2.45, 2.75) is 25.9 Å². The topological polar surface area (TPSA) is 12.5 Å². The van der Waals surface area contributed by atoms with E-state index in [9.17, 15) is 0 Å². The number of ether oxygens (including phenoxy) is 1. The number of halogens is 1. The molecule has 2 heteroatoms. The summed E-state index contributed by atoms with van der Waals surface area (Å²) in [7, 11) is 0. The van der Waals surface area contributed by atoms with Gasteiger partial charge in [0.05, 0.1) is 12.7 Å². The first-order valence-electron chi connectivity index (χ1n) is 5.05. The van der Waals surface area contributed by atoms with Gasteiger partial charge in [0.15, 0.2) is 0 Å². The molecule has 0 aromatic heterocycles. The van der Waals surface area contributed by atoms with E-state index < -0.39 is 0 Å². The quantitative estimate of drug-likeness (QED) is 0.696. The van der Waals surface area contributed by atoms with Gasteiger partial charge in [0, 0.05) is 10.9 Å². The Morgan fingerprint density at radius 3 is 2.29 bits per heavy atom. The monoisotopic (exact) mass is 210 g/mol. The molecule has 0 radical (unpaired) electrons. The zero-order valence-electron chi connectivity index (χ0n) is 8.53. The zero-order valence-corrected chi connectivity index (χ0v) is 9.29. The minimum absolute atomic E-state index is 0.427. The maximum Gasteiger partial charge on any atom is 0.0880 e. The molecule has 1 aliphatic rings. The van der Waals surface area contributed by atoms with Crippen molar-refractivity contribution in [3.63, 3.8) is 0 Å². The Balaban J connectivity index is 2.21. The van der Waals surface area contributed by atoms with Crippen molar-refractivity contribution in [3.8, 4) is 0 Å². The van der Waals surface area contributed by atoms with Gasteiger partial charge in [-0.15, -0.1) is 0 Å². The van der Waals surface area contributed by atoms with Gasteiger partial charge in [-0.1, -0.05) is 37.6 Å². The van der Waals surface area contributed by atoms with Crippen molar-refractivity contribution in [1.82, 2.24) is 0 Å². The largest absolute Gasteiger partial charge is 0.372 e. The molecule has 0 spiro atoms. The molecule has 0 aliphatic carbocycles. The normalized spacial score (nSPS) is 22.4. The second-order valence-electron chi connectivity index (χ2n) is 4.19. The van der Waals surface area contributed by atoms with Crippen LogP contribution in [0.4, 0.5) is 0 Å². The van der Waals surface area contributed by atoms with E-state index in [1.165, 1.54) is 5.56 Å². The highest BCUT2D eigenvalue weighted by Crippen LogP contribution is 2.36. The van der Waals surface area contributed by atoms with Gasteiger partial charge in [0.25, 0.3) is 0 Å². The fourth-order valence-electron chi connectivity index (χ4n) is 1.98. The van der Waals surface area contributed by atoms with Gasteiger partial charge in [-0.3, -0.25) is 0 Å². The van der Waals surface area contributed by atoms with Crippen molar-refractivity contribution in [3.05, 3.63) is 34.9 Å². The Morgan fingerprint density at radius 1 is 1.29 bits per heavy atom. The van der Waals surface area contributed by atoms with Crippen LogP contribution in [0.5, 0.6) is 0 Å². The fraction of sp³-hybridized carbons (Fsp3) is 0.500. The minimum atomic E-state index is 0.427. The van der Waals surface area contributed by atoms with E-state index in [0.29, 0.717) is 17.9 Å². The Bertz CT molecular complexity index is 299. The minimum Gasteiger partial charge on any atom is -0.372 e. The predicted octanol–water partition coefficient (Wildman–Crippen LogP) is 3.48. The molecule has 1 saturated heterocycles. The van der Waals surface area contributed by atoms with Crippen LogP contribution in [0.25, 0.3) is 0 Å². The Hall–Kier alpha value is -0.530. The molecule has 1 fully saturated rings. The highest BCUT2D eigenvalue weighted by Gasteiger charge is 2.35. The van der Waals surface area contributed by atoms with Gasteiger partial charge in [-0.25, -0.2) is 0 Å². The summed E-state index contributed by atoms with van der Waals surface area (Å²) < 4.78 is 5.38. The lowest BCUT2D eigenvalue weighted by Crippen LogP contribution is -2.13. The maximum absolute atomic E-state index is 5.86. The zero-order chi connectivity index (χ0) is 10.1. The van der Waals surface area contributed by atoms with Crippen LogP contribution >= 0.6 is 11.6 Å². The van der Waals surface area contributed by atoms with Crippen LogP contribution in [0.3, 0.4) is 0 Å². The van der Waals surface area contributed by atoms with Gasteiger partial charge in [0.2, 0.25) is 0 Å². The molecular formula is C12H15ClO. The third-order valence-corrected chi connectivity index (χ3v) is 2.98. The van der Waals surface area contributed by atoms with E-state index in [2.05, 4.69) is 26.0 Å². The standard InChI is InChI=1S/C12H15ClO/c1-8(2)12(11-7-14-11)9-3-5-10(13)6-4-9/h3-6,8,11-12H,7H2,1-2H3. The second-order valence-corrected chi connectivity index (χ2v) is 4.63. The van der Waals surface area contributed by atoms with Crippen LogP contribution in [0.2, 0.25) is 5.02 Å². The summed E-state index contributed by atoms with van der Waals surface area (Å²) in [6.45, 7) is 5.38. The van der Waals surface area contributed by atoms with E-state index in [1.807, 2.05) is 12.1 Å². The van der Waals surface area contributed by atoms with E-state index in [4.69, 9.17) is 16.3 Å². The lowest BCUT2D eigenvalue weighted by Gasteiger charge is -2.18. The molecule has 2 unspecified atom stereocenters. The Kier molecular flexibility index (Phi) is 2.80. The Morgan fingerprint density at radius 2 is 1.86 bits per heavy atom. The number of epoxide rings is 1. The van der Waals surface area contributed by atoms with Gasteiger partial charge in [-0.05, 0) is 23.6 Å². The van der Waals surface area contributed by atoms with Gasteiger partial charge < -0.3 is 4.74 Å². The lowest BCUT2D eigenvalue weighted by molar-refractivity contribution is 0.333. The highest BCUT2D eigenvalue weighted by molar-refractivity contribution is 6.30. The van der Waals surface area contributed by atoms with E-state index >= 15 is 0 Å². The molecule has 1 aliphatic heterocycles. The smallest absolute Gasteiger partial charge is 0.0880 e. The molecule has 0 amide bonds. The predicted molar refractivity (Wildman–Crippen MR) is 58.8 cm³/mol. The van der Waals surface area contributed by atoms with Crippen LogP contribution in [-0.2, 0) is 4.74 Å². The maximum atomic E-state index is 5.86. The average Bonchev–Trinajstić information content (AvgIpc) is 2.92. The average molecular weight is 211 g/mol. The van der Waals surface area contributed by atoms with Crippen LogP contribution < -0.4 is 0 Å². The molecular weight excluding hydrogens is 196 g/mol. The summed E-state index contributed by atoms with van der Waals surface area (Å²) in [5.41, 5.74) is 1.34. The van der Waals surface area contributed by atoms with E-state index in [0.717, 1.165) is 11.6 Å². The molecule has 76 valence electrons. The number of hydrogen-bond acceptors (Lipinski definition) is 1. The van der Waals surface area contributed by atoms with Crippen molar-refractivity contribution in [1.29, 1.82) is 0 Å². The summed E-state index contributed by atoms with van der Waals surface area (Å²) in [5.74, 6) is 1.14. The first kappa shape index (κ1) is 10.0. The lowest BCUT2D eigenvalue weighted by atomic mass is 9.86. The van der Waals surface area contributed by atoms with Gasteiger partial charge in [0.1, 0.15) is 0 Å². The molecule has 1 heterocycles. The molecule has 2 atom stereocenters. The molecule has 0 bridgehead atoms. The second kappa shape index (κ2) is 3.92. The van der Waals surface area contributed by atoms with Gasteiger partial charge >= 0.3 is 0 Å². The summed E-state index contributed by atoms with van der Waals surface area (Å²) in [5, 5.41) is 0.799. The van der Waals surface area contributed by atoms with Crippen LogP contribution in [0, 0.1) is 5.92 Å². The van der Waals surface area contributed by atoms with Crippen molar-refractivity contribution < 1.29 is 4.74 Å². The molecule has 14 heavy (non-hydrogen) atoms. The number of rotatable bonds is 3. The summed E-state index contributed by atoms with van der Waals surface area (Å²) in [4.78, 5) is 0. The van der Waals surface area contributed by atoms with Crippen molar-refractivity contribution in [2.24, 2.45) is 5.92 Å². The molecule has 1 aromatic rings. The van der Waals surface area contributed by atoms with E-state index in [-0.39, 0.29) is 0 Å². The van der Waals surface area contributed by atoms with Crippen molar-refractivity contribution >= 4 is 11.6 Å². The third kappa shape index (κ3) is 2.10. The van der Waals surface area contributed by atoms with Crippen LogP contribution in [0.1, 0.15) is 25.3 Å². The SMILES string of the molecule is CC(C)C(c1ccc(Cl)cc1)C1CO1. The van der Waals surface area contributed by atoms with E-state index in [1.54, 1.807) is 0 Å². The van der Waals surface area contributed by atoms with Crippen LogP contribution in [0.15, 0.2) is 24.3 Å². The first-order valence-corrected chi connectivity index (χ1v) is 5.43. The first-order chi connectivity index (χ1) is 6.68.